The van der Waals surface area contributed by atoms with Crippen LogP contribution in [0.15, 0.2) is 78.5 Å². The number of carbonyl (C=O) groups is 2. The molecule has 4 rings (SSSR count). The van der Waals surface area contributed by atoms with Crippen LogP contribution in [0.3, 0.4) is 0 Å². The third kappa shape index (κ3) is 3.96. The van der Waals surface area contributed by atoms with Crippen LogP contribution in [0.25, 0.3) is 5.57 Å². The fraction of sp³-hybridized carbons (Fsp3) is 0.185. The highest BCUT2D eigenvalue weighted by molar-refractivity contribution is 6.46. The van der Waals surface area contributed by atoms with E-state index in [1.165, 1.54) is 12.0 Å². The number of hydrogen-bond donors (Lipinski definition) is 0. The number of ether oxygens (including phenoxy) is 2. The van der Waals surface area contributed by atoms with Gasteiger partial charge in [-0.2, -0.15) is 0 Å². The number of benzene rings is 3. The quantitative estimate of drug-likeness (QED) is 0.496. The van der Waals surface area contributed by atoms with Crippen molar-refractivity contribution >= 4 is 34.4 Å². The molecule has 0 N–H and O–H groups in total. The lowest BCUT2D eigenvalue weighted by molar-refractivity contribution is -0.120. The third-order valence-corrected chi connectivity index (χ3v) is 5.81. The molecular weight excluding hydrogens is 430 g/mol. The lowest BCUT2D eigenvalue weighted by Crippen LogP contribution is -2.34. The van der Waals surface area contributed by atoms with Gasteiger partial charge in [0.25, 0.3) is 11.8 Å². The van der Waals surface area contributed by atoms with Crippen LogP contribution in [0.4, 0.5) is 17.1 Å². The largest absolute Gasteiger partial charge is 0.493 e. The monoisotopic (exact) mass is 457 g/mol. The summed E-state index contributed by atoms with van der Waals surface area (Å²) in [5.74, 6) is 0.225. The van der Waals surface area contributed by atoms with E-state index >= 15 is 0 Å². The first kappa shape index (κ1) is 22.9. The SMILES string of the molecule is COc1ccc(C2=C(N(C)c3ccccc3)C(=O)N(c3cccc(N(C)C)c3)C2=O)cc1OC. The average Bonchev–Trinajstić information content (AvgIpc) is 3.13. The Morgan fingerprint density at radius 3 is 2.03 bits per heavy atom. The summed E-state index contributed by atoms with van der Waals surface area (Å²) in [5.41, 5.74) is 3.35. The van der Waals surface area contributed by atoms with E-state index in [-0.39, 0.29) is 0 Å². The molecule has 2 amide bonds. The Hall–Kier alpha value is -4.26. The minimum Gasteiger partial charge on any atom is -0.493 e. The number of para-hydroxylation sites is 1. The second-order valence-electron chi connectivity index (χ2n) is 8.05. The molecule has 0 radical (unpaired) electrons. The number of rotatable bonds is 7. The van der Waals surface area contributed by atoms with Gasteiger partial charge in [0.2, 0.25) is 0 Å². The highest BCUT2D eigenvalue weighted by Gasteiger charge is 2.42. The van der Waals surface area contributed by atoms with Crippen LogP contribution in [0.2, 0.25) is 0 Å². The Kier molecular flexibility index (Phi) is 6.27. The topological polar surface area (TPSA) is 62.3 Å². The van der Waals surface area contributed by atoms with Gasteiger partial charge in [-0.15, -0.1) is 0 Å². The van der Waals surface area contributed by atoms with Crippen LogP contribution < -0.4 is 24.2 Å². The highest BCUT2D eigenvalue weighted by Crippen LogP contribution is 2.39. The molecule has 7 heteroatoms. The number of anilines is 3. The molecule has 1 aliphatic rings. The fourth-order valence-electron chi connectivity index (χ4n) is 4.01. The van der Waals surface area contributed by atoms with Crippen molar-refractivity contribution in [2.24, 2.45) is 0 Å². The molecule has 7 nitrogen and oxygen atoms in total. The van der Waals surface area contributed by atoms with E-state index < -0.39 is 11.8 Å². The summed E-state index contributed by atoms with van der Waals surface area (Å²) in [4.78, 5) is 32.5. The zero-order valence-corrected chi connectivity index (χ0v) is 19.9. The van der Waals surface area contributed by atoms with Gasteiger partial charge in [0.15, 0.2) is 11.5 Å². The lowest BCUT2D eigenvalue weighted by Gasteiger charge is -2.22. The van der Waals surface area contributed by atoms with Gasteiger partial charge in [0.05, 0.1) is 25.5 Å². The second kappa shape index (κ2) is 9.31. The molecule has 0 aliphatic carbocycles. The van der Waals surface area contributed by atoms with Crippen LogP contribution >= 0.6 is 0 Å². The van der Waals surface area contributed by atoms with Crippen LogP contribution in [0.5, 0.6) is 11.5 Å². The molecule has 174 valence electrons. The standard InChI is InChI=1S/C27H27N3O4/c1-28(2)20-12-9-13-21(17-20)30-26(31)24(18-14-15-22(33-4)23(16-18)34-5)25(27(30)32)29(3)19-10-7-6-8-11-19/h6-17H,1-5H3. The van der Waals surface area contributed by atoms with Crippen LogP contribution in [0.1, 0.15) is 5.56 Å². The van der Waals surface area contributed by atoms with Crippen LogP contribution in [0, 0.1) is 0 Å². The van der Waals surface area contributed by atoms with E-state index in [9.17, 15) is 9.59 Å². The van der Waals surface area contributed by atoms with E-state index in [2.05, 4.69) is 0 Å². The van der Waals surface area contributed by atoms with E-state index in [1.54, 1.807) is 43.3 Å². The number of likely N-dealkylation sites (N-methyl/N-ethyl adjacent to an activating group) is 1. The fourth-order valence-corrected chi connectivity index (χ4v) is 4.01. The molecule has 0 aromatic heterocycles. The normalized spacial score (nSPS) is 13.4. The summed E-state index contributed by atoms with van der Waals surface area (Å²) in [6.45, 7) is 0. The molecular formula is C27H27N3O4. The van der Waals surface area contributed by atoms with Crippen molar-refractivity contribution in [3.8, 4) is 11.5 Å². The predicted molar refractivity (Wildman–Crippen MR) is 135 cm³/mol. The Morgan fingerprint density at radius 1 is 0.706 bits per heavy atom. The molecule has 34 heavy (non-hydrogen) atoms. The van der Waals surface area contributed by atoms with Gasteiger partial charge < -0.3 is 19.3 Å². The molecule has 0 atom stereocenters. The highest BCUT2D eigenvalue weighted by atomic mass is 16.5. The van der Waals surface area contributed by atoms with Crippen molar-refractivity contribution < 1.29 is 19.1 Å². The molecule has 3 aromatic rings. The molecule has 0 unspecified atom stereocenters. The average molecular weight is 458 g/mol. The van der Waals surface area contributed by atoms with Gasteiger partial charge >= 0.3 is 0 Å². The van der Waals surface area contributed by atoms with Crippen molar-refractivity contribution in [3.63, 3.8) is 0 Å². The van der Waals surface area contributed by atoms with Crippen molar-refractivity contribution in [2.45, 2.75) is 0 Å². The summed E-state index contributed by atoms with van der Waals surface area (Å²) >= 11 is 0. The van der Waals surface area contributed by atoms with Gasteiger partial charge in [-0.3, -0.25) is 9.59 Å². The molecule has 1 aliphatic heterocycles. The molecule has 0 bridgehead atoms. The smallest absolute Gasteiger partial charge is 0.282 e. The lowest BCUT2D eigenvalue weighted by atomic mass is 10.0. The second-order valence-corrected chi connectivity index (χ2v) is 8.05. The zero-order chi connectivity index (χ0) is 24.4. The van der Waals surface area contributed by atoms with Crippen molar-refractivity contribution in [3.05, 3.63) is 84.1 Å². The van der Waals surface area contributed by atoms with Gasteiger partial charge in [-0.1, -0.05) is 30.3 Å². The molecule has 0 saturated carbocycles. The van der Waals surface area contributed by atoms with Crippen molar-refractivity contribution in [1.82, 2.24) is 0 Å². The predicted octanol–water partition coefficient (Wildman–Crippen LogP) is 4.19. The molecule has 3 aromatic carbocycles. The van der Waals surface area contributed by atoms with E-state index in [0.717, 1.165) is 11.4 Å². The van der Waals surface area contributed by atoms with Gasteiger partial charge in [0.1, 0.15) is 5.70 Å². The Balaban J connectivity index is 1.89. The first-order chi connectivity index (χ1) is 16.4. The first-order valence-electron chi connectivity index (χ1n) is 10.8. The molecule has 0 spiro atoms. The minimum atomic E-state index is -0.397. The van der Waals surface area contributed by atoms with E-state index in [4.69, 9.17) is 9.47 Å². The van der Waals surface area contributed by atoms with Crippen molar-refractivity contribution in [2.75, 3.05) is 50.1 Å². The number of carbonyl (C=O) groups excluding carboxylic acids is 2. The molecule has 0 saturated heterocycles. The van der Waals surface area contributed by atoms with Gasteiger partial charge in [-0.25, -0.2) is 4.90 Å². The summed E-state index contributed by atoms with van der Waals surface area (Å²) in [7, 11) is 8.70. The van der Waals surface area contributed by atoms with Gasteiger partial charge in [0, 0.05) is 32.5 Å². The van der Waals surface area contributed by atoms with Crippen LogP contribution in [-0.2, 0) is 9.59 Å². The number of amides is 2. The number of hydrogen-bond acceptors (Lipinski definition) is 6. The zero-order valence-electron chi connectivity index (χ0n) is 19.9. The van der Waals surface area contributed by atoms with E-state index in [0.29, 0.717) is 34.0 Å². The Labute approximate surface area is 199 Å². The maximum Gasteiger partial charge on any atom is 0.282 e. The van der Waals surface area contributed by atoms with Crippen LogP contribution in [-0.4, -0.2) is 47.2 Å². The maximum atomic E-state index is 13.8. The Morgan fingerprint density at radius 2 is 1.38 bits per heavy atom. The van der Waals surface area contributed by atoms with Crippen molar-refractivity contribution in [1.29, 1.82) is 0 Å². The molecule has 1 heterocycles. The number of methoxy groups -OCH3 is 2. The summed E-state index contributed by atoms with van der Waals surface area (Å²) in [5, 5.41) is 0. The minimum absolute atomic E-state index is 0.290. The number of imide groups is 1. The summed E-state index contributed by atoms with van der Waals surface area (Å²) in [6, 6.07) is 22.0. The Bertz CT molecular complexity index is 1270. The third-order valence-electron chi connectivity index (χ3n) is 5.81. The first-order valence-corrected chi connectivity index (χ1v) is 10.8. The van der Waals surface area contributed by atoms with Gasteiger partial charge in [-0.05, 0) is 48.0 Å². The maximum absolute atomic E-state index is 13.8. The summed E-state index contributed by atoms with van der Waals surface area (Å²) in [6.07, 6.45) is 0. The number of nitrogens with zero attached hydrogens (tertiary/aromatic N) is 3. The summed E-state index contributed by atoms with van der Waals surface area (Å²) < 4.78 is 10.8. The molecule has 0 fully saturated rings. The van der Waals surface area contributed by atoms with E-state index in [1.807, 2.05) is 67.5 Å².